The molecule has 1 aromatic carbocycles. The smallest absolute Gasteiger partial charge is 0.338 e. The Morgan fingerprint density at radius 3 is 2.19 bits per heavy atom. The minimum absolute atomic E-state index is 0.0293. The van der Waals surface area contributed by atoms with Crippen LogP contribution in [0.3, 0.4) is 0 Å². The summed E-state index contributed by atoms with van der Waals surface area (Å²) in [6, 6.07) is 5.00. The van der Waals surface area contributed by atoms with Gasteiger partial charge in [-0.05, 0) is 64.3 Å². The molecule has 0 spiro atoms. The Kier molecular flexibility index (Phi) is 9.21. The number of nitrogens with one attached hydrogen (secondary N) is 2. The minimum atomic E-state index is -3.73. The van der Waals surface area contributed by atoms with E-state index in [1.54, 1.807) is 13.8 Å². The zero-order chi connectivity index (χ0) is 23.9. The molecule has 2 atom stereocenters. The standard InChI is InChI=1S/C22H33N3O6S/c1-5-15(3)23-20(26)16(4)24-21(27)17-11-13-25(14-12-17)32(29,30)19-9-7-18(8-10-19)22(28)31-6-2/h7-10,15-17H,5-6,11-14H2,1-4H3,(H,23,26)(H,24,27). The van der Waals surface area contributed by atoms with Crippen molar-refractivity contribution in [1.29, 1.82) is 0 Å². The summed E-state index contributed by atoms with van der Waals surface area (Å²) in [6.45, 7) is 7.83. The Morgan fingerprint density at radius 2 is 1.66 bits per heavy atom. The predicted octanol–water partition coefficient (Wildman–Crippen LogP) is 1.68. The largest absolute Gasteiger partial charge is 0.462 e. The number of carbonyl (C=O) groups is 3. The number of piperidine rings is 1. The van der Waals surface area contributed by atoms with E-state index >= 15 is 0 Å². The molecule has 2 N–H and O–H groups in total. The van der Waals surface area contributed by atoms with Crippen molar-refractivity contribution in [3.8, 4) is 0 Å². The van der Waals surface area contributed by atoms with E-state index < -0.39 is 22.0 Å². The van der Waals surface area contributed by atoms with Crippen LogP contribution in [-0.2, 0) is 24.3 Å². The van der Waals surface area contributed by atoms with E-state index in [0.717, 1.165) is 6.42 Å². The Hall–Kier alpha value is -2.46. The van der Waals surface area contributed by atoms with Crippen molar-refractivity contribution in [2.75, 3.05) is 19.7 Å². The zero-order valence-corrected chi connectivity index (χ0v) is 19.9. The summed E-state index contributed by atoms with van der Waals surface area (Å²) >= 11 is 0. The average molecular weight is 468 g/mol. The number of rotatable bonds is 9. The van der Waals surface area contributed by atoms with Crippen LogP contribution in [0.1, 0.15) is 57.3 Å². The number of esters is 1. The fourth-order valence-electron chi connectivity index (χ4n) is 3.35. The highest BCUT2D eigenvalue weighted by Gasteiger charge is 2.33. The number of sulfonamides is 1. The van der Waals surface area contributed by atoms with Gasteiger partial charge in [0.2, 0.25) is 21.8 Å². The summed E-state index contributed by atoms with van der Waals surface area (Å²) in [5.41, 5.74) is 0.285. The second-order valence-corrected chi connectivity index (χ2v) is 9.91. The monoisotopic (exact) mass is 467 g/mol. The molecule has 2 rings (SSSR count). The van der Waals surface area contributed by atoms with Crippen molar-refractivity contribution in [1.82, 2.24) is 14.9 Å². The molecule has 0 radical (unpaired) electrons. The lowest BCUT2D eigenvalue weighted by Crippen LogP contribution is -2.50. The van der Waals surface area contributed by atoms with Gasteiger partial charge in [0.25, 0.3) is 0 Å². The molecule has 2 amide bonds. The molecular weight excluding hydrogens is 434 g/mol. The lowest BCUT2D eigenvalue weighted by Gasteiger charge is -2.31. The molecule has 0 saturated carbocycles. The van der Waals surface area contributed by atoms with Crippen LogP contribution in [0, 0.1) is 5.92 Å². The predicted molar refractivity (Wildman–Crippen MR) is 119 cm³/mol. The van der Waals surface area contributed by atoms with Crippen molar-refractivity contribution in [2.24, 2.45) is 5.92 Å². The van der Waals surface area contributed by atoms with E-state index in [1.165, 1.54) is 28.6 Å². The van der Waals surface area contributed by atoms with E-state index in [0.29, 0.717) is 12.8 Å². The highest BCUT2D eigenvalue weighted by atomic mass is 32.2. The summed E-state index contributed by atoms with van der Waals surface area (Å²) < 4.78 is 32.1. The van der Waals surface area contributed by atoms with Crippen molar-refractivity contribution in [2.45, 2.75) is 63.9 Å². The fraction of sp³-hybridized carbons (Fsp3) is 0.591. The van der Waals surface area contributed by atoms with Gasteiger partial charge in [0.15, 0.2) is 0 Å². The van der Waals surface area contributed by atoms with Gasteiger partial charge in [0.05, 0.1) is 17.1 Å². The van der Waals surface area contributed by atoms with Crippen molar-refractivity contribution in [3.05, 3.63) is 29.8 Å². The third-order valence-electron chi connectivity index (χ3n) is 5.58. The Balaban J connectivity index is 1.92. The van der Waals surface area contributed by atoms with E-state index in [4.69, 9.17) is 4.74 Å². The molecule has 0 bridgehead atoms. The zero-order valence-electron chi connectivity index (χ0n) is 19.1. The second-order valence-electron chi connectivity index (χ2n) is 7.97. The normalized spacial score (nSPS) is 17.2. The molecule has 2 unspecified atom stereocenters. The van der Waals surface area contributed by atoms with Gasteiger partial charge in [-0.15, -0.1) is 0 Å². The summed E-state index contributed by atoms with van der Waals surface area (Å²) in [5.74, 6) is -1.34. The third kappa shape index (κ3) is 6.52. The van der Waals surface area contributed by atoms with Gasteiger partial charge in [0, 0.05) is 25.0 Å². The molecule has 1 aliphatic heterocycles. The maximum absolute atomic E-state index is 12.9. The lowest BCUT2D eigenvalue weighted by atomic mass is 9.97. The van der Waals surface area contributed by atoms with Gasteiger partial charge in [-0.3, -0.25) is 9.59 Å². The first-order valence-electron chi connectivity index (χ1n) is 11.0. The SMILES string of the molecule is CCOC(=O)c1ccc(S(=O)(=O)N2CCC(C(=O)NC(C)C(=O)NC(C)CC)CC2)cc1. The minimum Gasteiger partial charge on any atom is -0.462 e. The van der Waals surface area contributed by atoms with Crippen molar-refractivity contribution < 1.29 is 27.5 Å². The van der Waals surface area contributed by atoms with Crippen LogP contribution in [0.15, 0.2) is 29.2 Å². The molecule has 9 nitrogen and oxygen atoms in total. The molecule has 1 aromatic rings. The molecule has 1 fully saturated rings. The van der Waals surface area contributed by atoms with Crippen LogP contribution in [0.2, 0.25) is 0 Å². The third-order valence-corrected chi connectivity index (χ3v) is 7.49. The number of amides is 2. The first-order chi connectivity index (χ1) is 15.1. The summed E-state index contributed by atoms with van der Waals surface area (Å²) in [4.78, 5) is 36.5. The van der Waals surface area contributed by atoms with Gasteiger partial charge in [-0.25, -0.2) is 13.2 Å². The number of ether oxygens (including phenoxy) is 1. The van der Waals surface area contributed by atoms with Gasteiger partial charge < -0.3 is 15.4 Å². The number of hydrogen-bond acceptors (Lipinski definition) is 6. The Bertz CT molecular complexity index is 908. The first-order valence-corrected chi connectivity index (χ1v) is 12.4. The molecular formula is C22H33N3O6S. The number of carbonyl (C=O) groups excluding carboxylic acids is 3. The van der Waals surface area contributed by atoms with Crippen molar-refractivity contribution in [3.63, 3.8) is 0 Å². The summed E-state index contributed by atoms with van der Waals surface area (Å²) in [6.07, 6.45) is 1.53. The Labute approximate surface area is 189 Å². The molecule has 1 heterocycles. The van der Waals surface area contributed by atoms with E-state index in [1.807, 2.05) is 13.8 Å². The number of nitrogens with zero attached hydrogens (tertiary/aromatic N) is 1. The number of hydrogen-bond donors (Lipinski definition) is 2. The lowest BCUT2D eigenvalue weighted by molar-refractivity contribution is -0.131. The maximum atomic E-state index is 12.9. The molecule has 178 valence electrons. The van der Waals surface area contributed by atoms with Gasteiger partial charge in [0.1, 0.15) is 6.04 Å². The second kappa shape index (κ2) is 11.4. The van der Waals surface area contributed by atoms with Gasteiger partial charge >= 0.3 is 5.97 Å². The summed E-state index contributed by atoms with van der Waals surface area (Å²) in [5, 5.41) is 5.56. The van der Waals surface area contributed by atoms with Crippen LogP contribution in [0.5, 0.6) is 0 Å². The molecule has 0 aliphatic carbocycles. The number of benzene rings is 1. The fourth-order valence-corrected chi connectivity index (χ4v) is 4.82. The van der Waals surface area contributed by atoms with E-state index in [-0.39, 0.29) is 53.9 Å². The molecule has 1 aliphatic rings. The quantitative estimate of drug-likeness (QED) is 0.533. The highest BCUT2D eigenvalue weighted by Crippen LogP contribution is 2.24. The highest BCUT2D eigenvalue weighted by molar-refractivity contribution is 7.89. The van der Waals surface area contributed by atoms with Gasteiger partial charge in [-0.2, -0.15) is 4.31 Å². The van der Waals surface area contributed by atoms with Crippen molar-refractivity contribution >= 4 is 27.8 Å². The van der Waals surface area contributed by atoms with Crippen LogP contribution in [-0.4, -0.2) is 62.3 Å². The van der Waals surface area contributed by atoms with Gasteiger partial charge in [-0.1, -0.05) is 6.92 Å². The maximum Gasteiger partial charge on any atom is 0.338 e. The van der Waals surface area contributed by atoms with Crippen LogP contribution in [0.25, 0.3) is 0 Å². The van der Waals surface area contributed by atoms with Crippen LogP contribution >= 0.6 is 0 Å². The average Bonchev–Trinajstić information content (AvgIpc) is 2.79. The van der Waals surface area contributed by atoms with Crippen LogP contribution in [0.4, 0.5) is 0 Å². The first kappa shape index (κ1) is 25.8. The van der Waals surface area contributed by atoms with E-state index in [9.17, 15) is 22.8 Å². The molecule has 32 heavy (non-hydrogen) atoms. The molecule has 0 aromatic heterocycles. The van der Waals surface area contributed by atoms with E-state index in [2.05, 4.69) is 10.6 Å². The topological polar surface area (TPSA) is 122 Å². The Morgan fingerprint density at radius 1 is 1.06 bits per heavy atom. The molecule has 1 saturated heterocycles. The molecule has 10 heteroatoms. The van der Waals surface area contributed by atoms with Crippen LogP contribution < -0.4 is 10.6 Å². The summed E-state index contributed by atoms with van der Waals surface area (Å²) in [7, 11) is -3.73.